The first-order valence-electron chi connectivity index (χ1n) is 10.3. The molecule has 2 aromatic heterocycles. The Hall–Kier alpha value is -3.29. The number of benzene rings is 1. The fourth-order valence-electron chi connectivity index (χ4n) is 3.66. The third-order valence-corrected chi connectivity index (χ3v) is 5.03. The number of halogens is 2. The summed E-state index contributed by atoms with van der Waals surface area (Å²) in [6, 6.07) is 6.54. The maximum absolute atomic E-state index is 13.9. The summed E-state index contributed by atoms with van der Waals surface area (Å²) < 4.78 is 34.2. The predicted octanol–water partition coefficient (Wildman–Crippen LogP) is 5.11. The highest BCUT2D eigenvalue weighted by molar-refractivity contribution is 5.97. The Morgan fingerprint density at radius 1 is 1.19 bits per heavy atom. The van der Waals surface area contributed by atoms with Gasteiger partial charge in [-0.1, -0.05) is 6.07 Å². The molecule has 0 saturated heterocycles. The number of fused-ring (bicyclic) bond motifs is 1. The molecule has 8 heteroatoms. The molecule has 1 N–H and O–H groups in total. The van der Waals surface area contributed by atoms with Crippen molar-refractivity contribution in [2.24, 2.45) is 0 Å². The highest BCUT2D eigenvalue weighted by Gasteiger charge is 2.25. The van der Waals surface area contributed by atoms with E-state index in [9.17, 15) is 23.5 Å². The third-order valence-electron chi connectivity index (χ3n) is 5.03. The van der Waals surface area contributed by atoms with Crippen LogP contribution in [0.5, 0.6) is 5.75 Å². The Kier molecular flexibility index (Phi) is 6.62. The van der Waals surface area contributed by atoms with E-state index >= 15 is 0 Å². The number of hydrogen-bond acceptors (Lipinski definition) is 5. The van der Waals surface area contributed by atoms with Crippen LogP contribution in [-0.4, -0.2) is 31.8 Å². The molecular formula is C24H26F2N2O4. The molecule has 1 atom stereocenters. The molecule has 0 fully saturated rings. The Labute approximate surface area is 184 Å². The number of aromatic hydroxyl groups is 1. The summed E-state index contributed by atoms with van der Waals surface area (Å²) in [5.74, 6) is -3.34. The standard InChI is InChI=1S/C24H26F2N2O4/c1-14-22(28-11-5-6-19(29)23(28)27-14)20(30)13-16(8-10-21(31)32-24(2,3)4)15-7-9-17(25)18(26)12-15/h5-7,9,11-12,16,29H,8,10,13H2,1-4H3. The van der Waals surface area contributed by atoms with Gasteiger partial charge in [-0.25, -0.2) is 13.8 Å². The van der Waals surface area contributed by atoms with Crippen molar-refractivity contribution in [1.29, 1.82) is 0 Å². The molecule has 0 spiro atoms. The molecule has 1 aromatic carbocycles. The van der Waals surface area contributed by atoms with Crippen molar-refractivity contribution in [2.45, 2.75) is 58.5 Å². The number of imidazole rings is 1. The van der Waals surface area contributed by atoms with E-state index in [2.05, 4.69) is 4.98 Å². The van der Waals surface area contributed by atoms with Crippen LogP contribution in [0.15, 0.2) is 36.5 Å². The van der Waals surface area contributed by atoms with Crippen molar-refractivity contribution < 1.29 is 28.2 Å². The van der Waals surface area contributed by atoms with Crippen LogP contribution in [0.2, 0.25) is 0 Å². The lowest BCUT2D eigenvalue weighted by Crippen LogP contribution is -2.24. The van der Waals surface area contributed by atoms with Crippen molar-refractivity contribution in [2.75, 3.05) is 0 Å². The normalized spacial score (nSPS) is 12.7. The molecule has 0 aliphatic rings. The Morgan fingerprint density at radius 3 is 2.56 bits per heavy atom. The Morgan fingerprint density at radius 2 is 1.91 bits per heavy atom. The largest absolute Gasteiger partial charge is 0.504 e. The number of aromatic nitrogens is 2. The highest BCUT2D eigenvalue weighted by atomic mass is 19.2. The van der Waals surface area contributed by atoms with Gasteiger partial charge in [-0.15, -0.1) is 0 Å². The van der Waals surface area contributed by atoms with Crippen molar-refractivity contribution in [3.63, 3.8) is 0 Å². The Bertz CT molecular complexity index is 1160. The van der Waals surface area contributed by atoms with Gasteiger partial charge in [0.2, 0.25) is 0 Å². The molecule has 32 heavy (non-hydrogen) atoms. The van der Waals surface area contributed by atoms with Gasteiger partial charge in [0.1, 0.15) is 11.3 Å². The van der Waals surface area contributed by atoms with Gasteiger partial charge in [-0.05, 0) is 69.9 Å². The number of hydrogen-bond donors (Lipinski definition) is 1. The summed E-state index contributed by atoms with van der Waals surface area (Å²) in [6.07, 6.45) is 1.79. The molecule has 0 radical (unpaired) electrons. The quantitative estimate of drug-likeness (QED) is 0.405. The van der Waals surface area contributed by atoms with Crippen LogP contribution in [0.1, 0.15) is 67.7 Å². The number of ketones is 1. The summed E-state index contributed by atoms with van der Waals surface area (Å²) in [6.45, 7) is 6.92. The third kappa shape index (κ3) is 5.30. The summed E-state index contributed by atoms with van der Waals surface area (Å²) >= 11 is 0. The van der Waals surface area contributed by atoms with Crippen LogP contribution in [0.4, 0.5) is 8.78 Å². The number of nitrogens with zero attached hydrogens (tertiary/aromatic N) is 2. The smallest absolute Gasteiger partial charge is 0.306 e. The van der Waals surface area contributed by atoms with E-state index in [1.54, 1.807) is 40.0 Å². The monoisotopic (exact) mass is 444 g/mol. The topological polar surface area (TPSA) is 80.9 Å². The van der Waals surface area contributed by atoms with Gasteiger partial charge in [-0.3, -0.25) is 14.0 Å². The number of ether oxygens (including phenoxy) is 1. The maximum atomic E-state index is 13.9. The van der Waals surface area contributed by atoms with E-state index in [4.69, 9.17) is 4.74 Å². The molecule has 2 heterocycles. The lowest BCUT2D eigenvalue weighted by molar-refractivity contribution is -0.155. The van der Waals surface area contributed by atoms with E-state index in [1.165, 1.54) is 16.5 Å². The zero-order valence-electron chi connectivity index (χ0n) is 18.5. The van der Waals surface area contributed by atoms with Crippen LogP contribution in [-0.2, 0) is 9.53 Å². The molecule has 6 nitrogen and oxygen atoms in total. The Balaban J connectivity index is 1.89. The van der Waals surface area contributed by atoms with Gasteiger partial charge in [-0.2, -0.15) is 0 Å². The van der Waals surface area contributed by atoms with E-state index in [1.807, 2.05) is 0 Å². The van der Waals surface area contributed by atoms with Gasteiger partial charge in [0.05, 0.1) is 5.69 Å². The van der Waals surface area contributed by atoms with Crippen LogP contribution < -0.4 is 0 Å². The predicted molar refractivity (Wildman–Crippen MR) is 115 cm³/mol. The van der Waals surface area contributed by atoms with E-state index < -0.39 is 29.1 Å². The number of carbonyl (C=O) groups excluding carboxylic acids is 2. The second-order valence-electron chi connectivity index (χ2n) is 8.76. The number of esters is 1. The van der Waals surface area contributed by atoms with Gasteiger partial charge < -0.3 is 9.84 Å². The van der Waals surface area contributed by atoms with Gasteiger partial charge in [0, 0.05) is 19.0 Å². The van der Waals surface area contributed by atoms with Crippen LogP contribution in [0.25, 0.3) is 5.65 Å². The summed E-state index contributed by atoms with van der Waals surface area (Å²) in [7, 11) is 0. The fourth-order valence-corrected chi connectivity index (χ4v) is 3.66. The van der Waals surface area contributed by atoms with Crippen molar-refractivity contribution in [3.05, 3.63) is 65.1 Å². The second-order valence-corrected chi connectivity index (χ2v) is 8.76. The molecule has 170 valence electrons. The van der Waals surface area contributed by atoms with Crippen molar-refractivity contribution in [3.8, 4) is 5.75 Å². The minimum Gasteiger partial charge on any atom is -0.504 e. The summed E-state index contributed by atoms with van der Waals surface area (Å²) in [5, 5.41) is 10.0. The zero-order chi connectivity index (χ0) is 23.6. The molecule has 3 rings (SSSR count). The lowest BCUT2D eigenvalue weighted by atomic mass is 9.88. The maximum Gasteiger partial charge on any atom is 0.306 e. The van der Waals surface area contributed by atoms with Gasteiger partial charge in [0.25, 0.3) is 0 Å². The zero-order valence-corrected chi connectivity index (χ0v) is 18.5. The molecule has 1 unspecified atom stereocenters. The molecule has 0 saturated carbocycles. The first-order valence-corrected chi connectivity index (χ1v) is 10.3. The minimum absolute atomic E-state index is 0.0150. The molecule has 0 amide bonds. The number of aryl methyl sites for hydroxylation is 1. The SMILES string of the molecule is Cc1nc2c(O)cccn2c1C(=O)CC(CCC(=O)OC(C)(C)C)c1ccc(F)c(F)c1. The van der Waals surface area contributed by atoms with Crippen molar-refractivity contribution in [1.82, 2.24) is 9.38 Å². The molecule has 0 aliphatic carbocycles. The number of carbonyl (C=O) groups is 2. The van der Waals surface area contributed by atoms with E-state index in [0.29, 0.717) is 17.0 Å². The number of pyridine rings is 1. The molecule has 3 aromatic rings. The number of rotatable bonds is 7. The first kappa shape index (κ1) is 23.4. The van der Waals surface area contributed by atoms with Gasteiger partial charge in [0.15, 0.2) is 28.8 Å². The van der Waals surface area contributed by atoms with Crippen molar-refractivity contribution >= 4 is 17.4 Å². The van der Waals surface area contributed by atoms with Gasteiger partial charge >= 0.3 is 5.97 Å². The average Bonchev–Trinajstić information content (AvgIpc) is 3.03. The summed E-state index contributed by atoms with van der Waals surface area (Å²) in [5.41, 5.74) is 0.745. The van der Waals surface area contributed by atoms with Crippen LogP contribution in [0.3, 0.4) is 0 Å². The second kappa shape index (κ2) is 9.06. The first-order chi connectivity index (χ1) is 15.0. The fraction of sp³-hybridized carbons (Fsp3) is 0.375. The average molecular weight is 444 g/mol. The molecular weight excluding hydrogens is 418 g/mol. The molecule has 0 bridgehead atoms. The lowest BCUT2D eigenvalue weighted by Gasteiger charge is -2.21. The van der Waals surface area contributed by atoms with E-state index in [-0.39, 0.29) is 36.4 Å². The van der Waals surface area contributed by atoms with Crippen LogP contribution >= 0.6 is 0 Å². The summed E-state index contributed by atoms with van der Waals surface area (Å²) in [4.78, 5) is 29.7. The van der Waals surface area contributed by atoms with Crippen LogP contribution in [0, 0.1) is 18.6 Å². The minimum atomic E-state index is -1.02. The molecule has 0 aliphatic heterocycles. The van der Waals surface area contributed by atoms with E-state index in [0.717, 1.165) is 12.1 Å². The highest BCUT2D eigenvalue weighted by Crippen LogP contribution is 2.30. The number of Topliss-reactive ketones (excluding diaryl/α,β-unsaturated/α-hetero) is 1.